The topological polar surface area (TPSA) is 86.2 Å². The zero-order valence-electron chi connectivity index (χ0n) is 27.8. The molecule has 0 amide bonds. The number of hydrogen-bond donors (Lipinski definition) is 2. The predicted molar refractivity (Wildman–Crippen MR) is 184 cm³/mol. The van der Waals surface area contributed by atoms with Gasteiger partial charge in [-0.05, 0) is 88.0 Å². The van der Waals surface area contributed by atoms with Gasteiger partial charge < -0.3 is 34.6 Å². The summed E-state index contributed by atoms with van der Waals surface area (Å²) in [6.45, 7) is 4.60. The van der Waals surface area contributed by atoms with Crippen molar-refractivity contribution in [1.82, 2.24) is 25.1 Å². The number of likely N-dealkylation sites (N-methyl/N-ethyl adjacent to an activating group) is 1. The highest BCUT2D eigenvalue weighted by molar-refractivity contribution is 6.06. The third-order valence-electron chi connectivity index (χ3n) is 11.6. The summed E-state index contributed by atoms with van der Waals surface area (Å²) in [5.41, 5.74) is 0.437. The zero-order valence-corrected chi connectivity index (χ0v) is 27.8. The van der Waals surface area contributed by atoms with E-state index in [0.29, 0.717) is 59.6 Å². The summed E-state index contributed by atoms with van der Waals surface area (Å²) in [6, 6.07) is 8.50. The van der Waals surface area contributed by atoms with Crippen molar-refractivity contribution in [1.29, 1.82) is 0 Å². The van der Waals surface area contributed by atoms with Crippen molar-refractivity contribution < 1.29 is 23.4 Å². The number of phenolic OH excluding ortho intramolecular Hbond substituents is 1. The third kappa shape index (κ3) is 5.15. The first kappa shape index (κ1) is 30.8. The Bertz CT molecular complexity index is 2040. The van der Waals surface area contributed by atoms with Crippen LogP contribution in [-0.4, -0.2) is 103 Å². The minimum atomic E-state index is -0.639. The van der Waals surface area contributed by atoms with Gasteiger partial charge in [-0.1, -0.05) is 12.0 Å². The number of hydrogen-bond acceptors (Lipinski definition) is 9. The van der Waals surface area contributed by atoms with E-state index >= 15 is 8.78 Å². The van der Waals surface area contributed by atoms with Gasteiger partial charge in [-0.25, -0.2) is 8.78 Å². The van der Waals surface area contributed by atoms with Crippen LogP contribution in [-0.2, 0) is 0 Å². The second-order valence-corrected chi connectivity index (χ2v) is 15.0. The fraction of sp³-hybridized carbons (Fsp3) is 0.474. The van der Waals surface area contributed by atoms with Crippen LogP contribution in [0.15, 0.2) is 30.3 Å². The molecule has 1 aromatic heterocycles. The second kappa shape index (κ2) is 11.4. The van der Waals surface area contributed by atoms with Crippen molar-refractivity contribution in [3.63, 3.8) is 0 Å². The summed E-state index contributed by atoms with van der Waals surface area (Å²) in [7, 11) is 4.28. The van der Waals surface area contributed by atoms with E-state index in [9.17, 15) is 5.11 Å². The Morgan fingerprint density at radius 1 is 1.10 bits per heavy atom. The number of terminal acetylenes is 1. The number of nitrogens with one attached hydrogen (secondary N) is 1. The molecule has 4 aliphatic heterocycles. The Balaban J connectivity index is 1.16. The van der Waals surface area contributed by atoms with Crippen molar-refractivity contribution in [3.8, 4) is 41.0 Å². The van der Waals surface area contributed by atoms with Gasteiger partial charge in [0.15, 0.2) is 5.82 Å². The normalized spacial score (nSPS) is 25.3. The molecule has 1 saturated carbocycles. The predicted octanol–water partition coefficient (Wildman–Crippen LogP) is 4.91. The fourth-order valence-corrected chi connectivity index (χ4v) is 8.68. The first-order valence-electron chi connectivity index (χ1n) is 17.3. The zero-order chi connectivity index (χ0) is 33.6. The molecule has 1 aliphatic carbocycles. The van der Waals surface area contributed by atoms with Crippen LogP contribution >= 0.6 is 0 Å². The van der Waals surface area contributed by atoms with E-state index in [2.05, 4.69) is 40.0 Å². The maximum Gasteiger partial charge on any atom is 0.319 e. The van der Waals surface area contributed by atoms with Crippen molar-refractivity contribution in [2.24, 2.45) is 5.41 Å². The summed E-state index contributed by atoms with van der Waals surface area (Å²) < 4.78 is 45.1. The van der Waals surface area contributed by atoms with Crippen molar-refractivity contribution in [2.75, 3.05) is 58.4 Å². The average Bonchev–Trinajstić information content (AvgIpc) is 3.55. The monoisotopic (exact) mass is 666 g/mol. The quantitative estimate of drug-likeness (QED) is 0.268. The van der Waals surface area contributed by atoms with Gasteiger partial charge in [0, 0.05) is 54.1 Å². The number of benzene rings is 3. The molecule has 11 heteroatoms. The van der Waals surface area contributed by atoms with Crippen LogP contribution in [0.3, 0.4) is 0 Å². The molecule has 3 aromatic carbocycles. The van der Waals surface area contributed by atoms with Crippen molar-refractivity contribution in [3.05, 3.63) is 47.5 Å². The number of fused-ring (bicyclic) bond motifs is 6. The van der Waals surface area contributed by atoms with Gasteiger partial charge in [0.05, 0.1) is 23.6 Å². The van der Waals surface area contributed by atoms with Gasteiger partial charge in [-0.2, -0.15) is 9.97 Å². The van der Waals surface area contributed by atoms with Crippen LogP contribution in [0.25, 0.3) is 32.8 Å². The minimum Gasteiger partial charge on any atom is -0.508 e. The molecular formula is C38H40F2N6O3. The molecular weight excluding hydrogens is 626 g/mol. The molecule has 0 unspecified atom stereocenters. The van der Waals surface area contributed by atoms with Gasteiger partial charge in [0.1, 0.15) is 35.3 Å². The smallest absolute Gasteiger partial charge is 0.319 e. The van der Waals surface area contributed by atoms with Crippen LogP contribution in [0, 0.1) is 29.4 Å². The Morgan fingerprint density at radius 2 is 1.96 bits per heavy atom. The largest absolute Gasteiger partial charge is 0.508 e. The Hall–Kier alpha value is -4.24. The maximum atomic E-state index is 17.2. The third-order valence-corrected chi connectivity index (χ3v) is 11.6. The van der Waals surface area contributed by atoms with Gasteiger partial charge in [0.2, 0.25) is 0 Å². The van der Waals surface area contributed by atoms with E-state index in [0.717, 1.165) is 51.7 Å². The Morgan fingerprint density at radius 3 is 2.73 bits per heavy atom. The first-order chi connectivity index (χ1) is 23.7. The lowest BCUT2D eigenvalue weighted by Crippen LogP contribution is -2.60. The minimum absolute atomic E-state index is 0.00459. The van der Waals surface area contributed by atoms with Crippen LogP contribution in [0.5, 0.6) is 17.5 Å². The highest BCUT2D eigenvalue weighted by Crippen LogP contribution is 2.49. The summed E-state index contributed by atoms with van der Waals surface area (Å²) in [4.78, 5) is 16.8. The number of piperazine rings is 1. The molecule has 2 N–H and O–H groups in total. The summed E-state index contributed by atoms with van der Waals surface area (Å²) >= 11 is 0. The molecule has 4 atom stereocenters. The highest BCUT2D eigenvalue weighted by atomic mass is 19.1. The van der Waals surface area contributed by atoms with Gasteiger partial charge in [0.25, 0.3) is 0 Å². The molecule has 2 bridgehead atoms. The number of aromatic hydroxyl groups is 1. The fourth-order valence-electron chi connectivity index (χ4n) is 8.68. The van der Waals surface area contributed by atoms with E-state index in [1.54, 1.807) is 6.07 Å². The summed E-state index contributed by atoms with van der Waals surface area (Å²) in [6.07, 6.45) is 11.1. The molecule has 4 fully saturated rings. The molecule has 5 aliphatic rings. The Kier molecular flexibility index (Phi) is 7.17. The van der Waals surface area contributed by atoms with E-state index in [1.807, 2.05) is 0 Å². The van der Waals surface area contributed by atoms with Gasteiger partial charge >= 0.3 is 6.01 Å². The molecule has 3 saturated heterocycles. The molecule has 254 valence electrons. The number of rotatable bonds is 7. The standard InChI is InChI=1S/C38H40F2N6O3/c1-4-25-28(39)7-5-21-13-24(47)14-26(32(21)25)27-15-31-33-35(34(27)40)42-37(43-36(33)46-16-22-6-8-29(41-22)30(46)18-48-31)49-20-38(10-11-38)19-45-12-9-23(17-45)44(2)3/h1,5,7,13-15,22-23,29-30,41,47H,6,8-12,16-20H2,2-3H3/t22-,23-,29+,30-/m1/s1. The summed E-state index contributed by atoms with van der Waals surface area (Å²) in [5.74, 6) is 2.13. The number of halogens is 2. The van der Waals surface area contributed by atoms with Crippen molar-refractivity contribution >= 4 is 27.5 Å². The molecule has 9 rings (SSSR count). The number of likely N-dealkylation sites (tertiary alicyclic amines) is 1. The number of nitrogens with zero attached hydrogens (tertiary/aromatic N) is 5. The van der Waals surface area contributed by atoms with E-state index in [1.165, 1.54) is 24.3 Å². The SMILES string of the molecule is C#Cc1c(F)ccc2cc(O)cc(-c3cc4c5c(nc(OCC6(CN7CC[C@@H](N(C)C)C7)CC6)nc5c3F)N3C[C@H]5CC[C@H](N5)[C@H]3CO4)c12. The molecule has 49 heavy (non-hydrogen) atoms. The van der Waals surface area contributed by atoms with E-state index < -0.39 is 11.6 Å². The summed E-state index contributed by atoms with van der Waals surface area (Å²) in [5, 5.41) is 15.7. The van der Waals surface area contributed by atoms with Crippen LogP contribution in [0.1, 0.15) is 37.7 Å². The Labute approximate surface area is 284 Å². The molecule has 5 heterocycles. The number of anilines is 1. The second-order valence-electron chi connectivity index (χ2n) is 15.0. The average molecular weight is 667 g/mol. The van der Waals surface area contributed by atoms with E-state index in [-0.39, 0.29) is 51.5 Å². The van der Waals surface area contributed by atoms with Crippen LogP contribution < -0.4 is 19.7 Å². The lowest BCUT2D eigenvalue weighted by Gasteiger charge is -2.40. The van der Waals surface area contributed by atoms with Gasteiger partial charge in [-0.3, -0.25) is 0 Å². The number of phenols is 1. The van der Waals surface area contributed by atoms with Crippen LogP contribution in [0.2, 0.25) is 0 Å². The van der Waals surface area contributed by atoms with Crippen molar-refractivity contribution in [2.45, 2.75) is 56.3 Å². The number of ether oxygens (including phenoxy) is 2. The molecule has 0 radical (unpaired) electrons. The molecule has 0 spiro atoms. The first-order valence-corrected chi connectivity index (χ1v) is 17.3. The van der Waals surface area contributed by atoms with E-state index in [4.69, 9.17) is 25.9 Å². The maximum absolute atomic E-state index is 17.2. The lowest BCUT2D eigenvalue weighted by atomic mass is 9.92. The molecule has 9 nitrogen and oxygen atoms in total. The number of aromatic nitrogens is 2. The van der Waals surface area contributed by atoms with Gasteiger partial charge in [-0.15, -0.1) is 6.42 Å². The molecule has 4 aromatic rings. The lowest BCUT2D eigenvalue weighted by molar-refractivity contribution is 0.164. The highest BCUT2D eigenvalue weighted by Gasteiger charge is 2.47. The van der Waals surface area contributed by atoms with Crippen LogP contribution in [0.4, 0.5) is 14.6 Å².